The Bertz CT molecular complexity index is 424. The van der Waals surface area contributed by atoms with Gasteiger partial charge in [-0.1, -0.05) is 11.3 Å². The van der Waals surface area contributed by atoms with Gasteiger partial charge >= 0.3 is 0 Å². The zero-order valence-corrected chi connectivity index (χ0v) is 9.14. The second kappa shape index (κ2) is 4.02. The Balaban J connectivity index is 2.34. The third kappa shape index (κ3) is 1.91. The largest absolute Gasteiger partial charge is 0.261 e. The number of hydrogen-bond donors (Lipinski definition) is 0. The van der Waals surface area contributed by atoms with Crippen molar-refractivity contribution in [1.29, 1.82) is 0 Å². The van der Waals surface area contributed by atoms with Crippen molar-refractivity contribution < 1.29 is 0 Å². The van der Waals surface area contributed by atoms with E-state index in [-0.39, 0.29) is 0 Å². The molecule has 2 aromatic rings. The third-order valence-electron chi connectivity index (χ3n) is 1.74. The Hall–Kier alpha value is -1.00. The molecule has 0 N–H and O–H groups in total. The van der Waals surface area contributed by atoms with E-state index in [2.05, 4.69) is 15.2 Å². The van der Waals surface area contributed by atoms with Crippen LogP contribution in [-0.2, 0) is 5.88 Å². The van der Waals surface area contributed by atoms with Gasteiger partial charge in [-0.25, -0.2) is 0 Å². The van der Waals surface area contributed by atoms with Crippen molar-refractivity contribution in [2.24, 2.45) is 0 Å². The molecule has 14 heavy (non-hydrogen) atoms. The van der Waals surface area contributed by atoms with Crippen LogP contribution in [0.1, 0.15) is 10.7 Å². The van der Waals surface area contributed by atoms with Crippen LogP contribution in [0.25, 0.3) is 10.6 Å². The van der Waals surface area contributed by atoms with Gasteiger partial charge in [-0.3, -0.25) is 4.98 Å². The molecule has 2 rings (SSSR count). The number of rotatable bonds is 2. The highest BCUT2D eigenvalue weighted by Gasteiger charge is 2.05. The predicted octanol–water partition coefficient (Wildman–Crippen LogP) is 2.65. The maximum absolute atomic E-state index is 5.65. The van der Waals surface area contributed by atoms with Gasteiger partial charge in [0.25, 0.3) is 0 Å². The molecule has 0 aliphatic heterocycles. The molecule has 0 atom stereocenters. The second-order valence-corrected chi connectivity index (χ2v) is 4.15. The van der Waals surface area contributed by atoms with Gasteiger partial charge in [-0.15, -0.1) is 21.8 Å². The molecule has 2 heterocycles. The average molecular weight is 226 g/mol. The summed E-state index contributed by atoms with van der Waals surface area (Å²) in [5, 5.41) is 9.68. The standard InChI is InChI=1S/C9H8ClN3S/c1-6-2-3-7(5-11-6)9-13-12-8(4-10)14-9/h2-3,5H,4H2,1H3. The highest BCUT2D eigenvalue weighted by molar-refractivity contribution is 7.14. The fraction of sp³-hybridized carbons (Fsp3) is 0.222. The number of nitrogens with zero attached hydrogens (tertiary/aromatic N) is 3. The van der Waals surface area contributed by atoms with Crippen LogP contribution in [0.15, 0.2) is 18.3 Å². The van der Waals surface area contributed by atoms with Gasteiger partial charge in [-0.05, 0) is 19.1 Å². The number of hydrogen-bond acceptors (Lipinski definition) is 4. The lowest BCUT2D eigenvalue weighted by atomic mass is 10.3. The molecule has 0 aliphatic carbocycles. The summed E-state index contributed by atoms with van der Waals surface area (Å²) in [7, 11) is 0. The number of aryl methyl sites for hydroxylation is 1. The van der Waals surface area contributed by atoms with E-state index in [9.17, 15) is 0 Å². The first kappa shape index (κ1) is 9.55. The highest BCUT2D eigenvalue weighted by atomic mass is 35.5. The van der Waals surface area contributed by atoms with Crippen molar-refractivity contribution in [3.8, 4) is 10.6 Å². The van der Waals surface area contributed by atoms with Gasteiger partial charge < -0.3 is 0 Å². The van der Waals surface area contributed by atoms with Crippen LogP contribution in [0, 0.1) is 6.92 Å². The van der Waals surface area contributed by atoms with Gasteiger partial charge in [0, 0.05) is 17.5 Å². The van der Waals surface area contributed by atoms with E-state index in [1.165, 1.54) is 11.3 Å². The van der Waals surface area contributed by atoms with Gasteiger partial charge in [0.05, 0.1) is 5.88 Å². The Morgan fingerprint density at radius 1 is 1.36 bits per heavy atom. The van der Waals surface area contributed by atoms with Crippen LogP contribution in [0.5, 0.6) is 0 Å². The molecule has 0 radical (unpaired) electrons. The Kier molecular flexibility index (Phi) is 2.74. The van der Waals surface area contributed by atoms with Crippen LogP contribution < -0.4 is 0 Å². The Morgan fingerprint density at radius 3 is 2.79 bits per heavy atom. The lowest BCUT2D eigenvalue weighted by Gasteiger charge is -1.94. The van der Waals surface area contributed by atoms with E-state index in [4.69, 9.17) is 11.6 Å². The Labute approximate surface area is 90.8 Å². The number of halogens is 1. The van der Waals surface area contributed by atoms with Gasteiger partial charge in [0.2, 0.25) is 0 Å². The SMILES string of the molecule is Cc1ccc(-c2nnc(CCl)s2)cn1. The molecule has 0 fully saturated rings. The predicted molar refractivity (Wildman–Crippen MR) is 57.4 cm³/mol. The third-order valence-corrected chi connectivity index (χ3v) is 3.12. The normalized spacial score (nSPS) is 10.4. The fourth-order valence-corrected chi connectivity index (χ4v) is 1.92. The highest BCUT2D eigenvalue weighted by Crippen LogP contribution is 2.23. The lowest BCUT2D eigenvalue weighted by molar-refractivity contribution is 1.04. The summed E-state index contributed by atoms with van der Waals surface area (Å²) in [5.74, 6) is 0.414. The van der Waals surface area contributed by atoms with Crippen molar-refractivity contribution in [1.82, 2.24) is 15.2 Å². The van der Waals surface area contributed by atoms with E-state index in [0.29, 0.717) is 5.88 Å². The van der Waals surface area contributed by atoms with Crippen molar-refractivity contribution in [3.63, 3.8) is 0 Å². The molecule has 0 amide bonds. The molecule has 0 aliphatic rings. The van der Waals surface area contributed by atoms with Crippen LogP contribution in [0.3, 0.4) is 0 Å². The summed E-state index contributed by atoms with van der Waals surface area (Å²) < 4.78 is 0. The second-order valence-electron chi connectivity index (χ2n) is 2.82. The lowest BCUT2D eigenvalue weighted by Crippen LogP contribution is -1.81. The number of aromatic nitrogens is 3. The average Bonchev–Trinajstić information content (AvgIpc) is 2.67. The van der Waals surface area contributed by atoms with E-state index in [1.54, 1.807) is 6.20 Å². The van der Waals surface area contributed by atoms with Crippen molar-refractivity contribution in [2.45, 2.75) is 12.8 Å². The maximum Gasteiger partial charge on any atom is 0.149 e. The van der Waals surface area contributed by atoms with Crippen LogP contribution in [-0.4, -0.2) is 15.2 Å². The minimum atomic E-state index is 0.414. The zero-order chi connectivity index (χ0) is 9.97. The molecule has 0 unspecified atom stereocenters. The Morgan fingerprint density at radius 2 is 2.21 bits per heavy atom. The minimum Gasteiger partial charge on any atom is -0.261 e. The molecule has 0 aromatic carbocycles. The van der Waals surface area contributed by atoms with Gasteiger partial charge in [-0.2, -0.15) is 0 Å². The zero-order valence-electron chi connectivity index (χ0n) is 7.57. The molecule has 0 saturated heterocycles. The molecular formula is C9H8ClN3S. The monoisotopic (exact) mass is 225 g/mol. The van der Waals surface area contributed by atoms with Crippen LogP contribution in [0.2, 0.25) is 0 Å². The van der Waals surface area contributed by atoms with E-state index in [1.807, 2.05) is 19.1 Å². The van der Waals surface area contributed by atoms with Gasteiger partial charge in [0.1, 0.15) is 10.0 Å². The van der Waals surface area contributed by atoms with Crippen molar-refractivity contribution in [2.75, 3.05) is 0 Å². The summed E-state index contributed by atoms with van der Waals surface area (Å²) >= 11 is 7.14. The molecule has 2 aromatic heterocycles. The van der Waals surface area contributed by atoms with E-state index < -0.39 is 0 Å². The van der Waals surface area contributed by atoms with Crippen LogP contribution in [0.4, 0.5) is 0 Å². The molecule has 5 heteroatoms. The van der Waals surface area contributed by atoms with E-state index >= 15 is 0 Å². The summed E-state index contributed by atoms with van der Waals surface area (Å²) in [6, 6.07) is 3.94. The molecule has 0 bridgehead atoms. The first-order valence-corrected chi connectivity index (χ1v) is 5.46. The topological polar surface area (TPSA) is 38.7 Å². The molecule has 0 spiro atoms. The van der Waals surface area contributed by atoms with Gasteiger partial charge in [0.15, 0.2) is 0 Å². The summed E-state index contributed by atoms with van der Waals surface area (Å²) in [6.07, 6.45) is 1.80. The maximum atomic E-state index is 5.65. The first-order chi connectivity index (χ1) is 6.79. The summed E-state index contributed by atoms with van der Waals surface area (Å²) in [6.45, 7) is 1.95. The van der Waals surface area contributed by atoms with Crippen LogP contribution >= 0.6 is 22.9 Å². The smallest absolute Gasteiger partial charge is 0.149 e. The summed E-state index contributed by atoms with van der Waals surface area (Å²) in [4.78, 5) is 4.20. The molecule has 0 saturated carbocycles. The first-order valence-electron chi connectivity index (χ1n) is 4.11. The minimum absolute atomic E-state index is 0.414. The van der Waals surface area contributed by atoms with Crippen molar-refractivity contribution in [3.05, 3.63) is 29.0 Å². The fourth-order valence-electron chi connectivity index (χ4n) is 1.02. The molecular weight excluding hydrogens is 218 g/mol. The van der Waals surface area contributed by atoms with Crippen molar-refractivity contribution >= 4 is 22.9 Å². The summed E-state index contributed by atoms with van der Waals surface area (Å²) in [5.41, 5.74) is 1.99. The molecule has 3 nitrogen and oxygen atoms in total. The number of alkyl halides is 1. The number of pyridine rings is 1. The quantitative estimate of drug-likeness (QED) is 0.738. The molecule has 72 valence electrons. The van der Waals surface area contributed by atoms with E-state index in [0.717, 1.165) is 21.3 Å².